The normalized spacial score (nSPS) is 10.6. The lowest BCUT2D eigenvalue weighted by atomic mass is 10.2. The quantitative estimate of drug-likeness (QED) is 0.770. The van der Waals surface area contributed by atoms with E-state index in [0.29, 0.717) is 12.1 Å². The lowest BCUT2D eigenvalue weighted by Gasteiger charge is -2.08. The Balaban J connectivity index is 1.73. The largest absolute Gasteiger partial charge is 0.477 e. The Hall–Kier alpha value is -3.08. The van der Waals surface area contributed by atoms with Crippen molar-refractivity contribution in [2.24, 2.45) is 0 Å². The molecule has 0 aliphatic rings. The topological polar surface area (TPSA) is 64.4 Å². The second-order valence-corrected chi connectivity index (χ2v) is 5.70. The van der Waals surface area contributed by atoms with Gasteiger partial charge in [0.1, 0.15) is 17.2 Å². The third-order valence-electron chi connectivity index (χ3n) is 3.74. The minimum atomic E-state index is -0.968. The first-order valence-corrected chi connectivity index (χ1v) is 7.62. The van der Waals surface area contributed by atoms with Crippen LogP contribution in [0.3, 0.4) is 0 Å². The highest BCUT2D eigenvalue weighted by Crippen LogP contribution is 2.22. The summed E-state index contributed by atoms with van der Waals surface area (Å²) in [6.45, 7) is 4.17. The predicted octanol–water partition coefficient (Wildman–Crippen LogP) is 4.04. The second-order valence-electron chi connectivity index (χ2n) is 5.70. The summed E-state index contributed by atoms with van der Waals surface area (Å²) in [4.78, 5) is 11.3. The predicted molar refractivity (Wildman–Crippen MR) is 90.7 cm³/mol. The summed E-state index contributed by atoms with van der Waals surface area (Å²) in [5, 5.41) is 13.4. The van der Waals surface area contributed by atoms with Crippen molar-refractivity contribution in [1.29, 1.82) is 0 Å². The summed E-state index contributed by atoms with van der Waals surface area (Å²) in [7, 11) is 0. The third-order valence-corrected chi connectivity index (χ3v) is 3.74. The fraction of sp³-hybridized carbons (Fsp3) is 0.158. The highest BCUT2D eigenvalue weighted by molar-refractivity contribution is 5.87. The highest BCUT2D eigenvalue weighted by atomic mass is 16.5. The lowest BCUT2D eigenvalue weighted by Crippen LogP contribution is -2.11. The van der Waals surface area contributed by atoms with Gasteiger partial charge in [0.05, 0.1) is 12.7 Å². The fourth-order valence-electron chi connectivity index (χ4n) is 2.46. The van der Waals surface area contributed by atoms with Crippen molar-refractivity contribution in [3.8, 4) is 11.5 Å². The molecule has 24 heavy (non-hydrogen) atoms. The van der Waals surface area contributed by atoms with Crippen LogP contribution in [0.15, 0.2) is 54.7 Å². The average molecular weight is 322 g/mol. The summed E-state index contributed by atoms with van der Waals surface area (Å²) in [6, 6.07) is 15.4. The molecule has 1 heterocycles. The van der Waals surface area contributed by atoms with E-state index >= 15 is 0 Å². The van der Waals surface area contributed by atoms with E-state index in [4.69, 9.17) is 4.74 Å². The summed E-state index contributed by atoms with van der Waals surface area (Å²) >= 11 is 0. The minimum absolute atomic E-state index is 0.218. The van der Waals surface area contributed by atoms with Gasteiger partial charge in [-0.05, 0) is 43.7 Å². The van der Waals surface area contributed by atoms with E-state index in [2.05, 4.69) is 5.10 Å². The van der Waals surface area contributed by atoms with Crippen LogP contribution in [0.25, 0.3) is 0 Å². The number of carboxylic acid groups (broad SMARTS) is 1. The van der Waals surface area contributed by atoms with Gasteiger partial charge in [-0.1, -0.05) is 29.8 Å². The minimum Gasteiger partial charge on any atom is -0.477 e. The van der Waals surface area contributed by atoms with Crippen molar-refractivity contribution in [3.63, 3.8) is 0 Å². The molecular formula is C19H18N2O3. The zero-order chi connectivity index (χ0) is 17.1. The maximum absolute atomic E-state index is 11.3. The Kier molecular flexibility index (Phi) is 4.33. The van der Waals surface area contributed by atoms with Crippen molar-refractivity contribution >= 4 is 5.97 Å². The van der Waals surface area contributed by atoms with Gasteiger partial charge in [0.15, 0.2) is 0 Å². The Bertz CT molecular complexity index is 849. The molecular weight excluding hydrogens is 304 g/mol. The fourth-order valence-corrected chi connectivity index (χ4v) is 2.46. The van der Waals surface area contributed by atoms with Crippen LogP contribution in [0.5, 0.6) is 11.5 Å². The Morgan fingerprint density at radius 2 is 1.62 bits per heavy atom. The highest BCUT2D eigenvalue weighted by Gasteiger charge is 2.14. The molecule has 5 heteroatoms. The van der Waals surface area contributed by atoms with E-state index < -0.39 is 5.97 Å². The monoisotopic (exact) mass is 322 g/mol. The number of hydrogen-bond acceptors (Lipinski definition) is 3. The molecule has 0 aliphatic heterocycles. The Morgan fingerprint density at radius 1 is 1.04 bits per heavy atom. The number of rotatable bonds is 5. The van der Waals surface area contributed by atoms with E-state index in [1.807, 2.05) is 55.5 Å². The van der Waals surface area contributed by atoms with Gasteiger partial charge in [-0.3, -0.25) is 4.68 Å². The van der Waals surface area contributed by atoms with Crippen LogP contribution in [0.2, 0.25) is 0 Å². The third kappa shape index (κ3) is 3.46. The Labute approximate surface area is 140 Å². The number of aryl methyl sites for hydroxylation is 2. The van der Waals surface area contributed by atoms with Gasteiger partial charge in [0.2, 0.25) is 0 Å². The molecule has 0 saturated carbocycles. The van der Waals surface area contributed by atoms with Crippen LogP contribution < -0.4 is 4.74 Å². The molecule has 0 amide bonds. The van der Waals surface area contributed by atoms with Gasteiger partial charge in [-0.15, -0.1) is 0 Å². The number of carbonyl (C=O) groups is 1. The van der Waals surface area contributed by atoms with E-state index in [9.17, 15) is 9.90 Å². The summed E-state index contributed by atoms with van der Waals surface area (Å²) in [6.07, 6.45) is 1.57. The van der Waals surface area contributed by atoms with Gasteiger partial charge >= 0.3 is 5.97 Å². The molecule has 3 rings (SSSR count). The zero-order valence-corrected chi connectivity index (χ0v) is 13.6. The molecule has 1 N–H and O–H groups in total. The lowest BCUT2D eigenvalue weighted by molar-refractivity contribution is 0.0683. The van der Waals surface area contributed by atoms with Crippen LogP contribution in [-0.4, -0.2) is 20.9 Å². The second kappa shape index (κ2) is 6.58. The van der Waals surface area contributed by atoms with Gasteiger partial charge in [0, 0.05) is 5.56 Å². The molecule has 0 unspecified atom stereocenters. The van der Waals surface area contributed by atoms with Crippen LogP contribution in [0, 0.1) is 13.8 Å². The molecule has 0 spiro atoms. The summed E-state index contributed by atoms with van der Waals surface area (Å²) < 4.78 is 7.28. The number of aromatic carboxylic acids is 1. The van der Waals surface area contributed by atoms with Crippen LogP contribution >= 0.6 is 0 Å². The van der Waals surface area contributed by atoms with Crippen LogP contribution in [0.4, 0.5) is 0 Å². The van der Waals surface area contributed by atoms with E-state index in [1.165, 1.54) is 10.2 Å². The van der Waals surface area contributed by atoms with Crippen molar-refractivity contribution in [1.82, 2.24) is 9.78 Å². The van der Waals surface area contributed by atoms with Gasteiger partial charge in [-0.2, -0.15) is 5.10 Å². The van der Waals surface area contributed by atoms with E-state index in [1.54, 1.807) is 13.1 Å². The molecule has 3 aromatic rings. The molecule has 0 aliphatic carbocycles. The molecule has 1 aromatic heterocycles. The maximum atomic E-state index is 11.3. The van der Waals surface area contributed by atoms with Crippen LogP contribution in [0.1, 0.15) is 27.2 Å². The number of aromatic nitrogens is 2. The number of hydrogen-bond donors (Lipinski definition) is 1. The SMILES string of the molecule is Cc1ccc(Oc2ccc(Cn3ncc(C)c3C(=O)O)cc2)cc1. The number of ether oxygens (including phenoxy) is 1. The molecule has 0 fully saturated rings. The van der Waals surface area contributed by atoms with Crippen LogP contribution in [-0.2, 0) is 6.54 Å². The van der Waals surface area contributed by atoms with Crippen molar-refractivity contribution in [3.05, 3.63) is 77.1 Å². The standard InChI is InChI=1S/C19H18N2O3/c1-13-3-7-16(8-4-13)24-17-9-5-15(6-10-17)12-21-18(19(22)23)14(2)11-20-21/h3-11H,12H2,1-2H3,(H,22,23). The molecule has 0 radical (unpaired) electrons. The molecule has 2 aromatic carbocycles. The van der Waals surface area contributed by atoms with Crippen molar-refractivity contribution in [2.45, 2.75) is 20.4 Å². The van der Waals surface area contributed by atoms with Crippen molar-refractivity contribution in [2.75, 3.05) is 0 Å². The molecule has 5 nitrogen and oxygen atoms in total. The van der Waals surface area contributed by atoms with Crippen molar-refractivity contribution < 1.29 is 14.6 Å². The first-order valence-electron chi connectivity index (χ1n) is 7.62. The molecule has 0 bridgehead atoms. The first-order chi connectivity index (χ1) is 11.5. The molecule has 0 atom stereocenters. The van der Waals surface area contributed by atoms with Gasteiger partial charge in [-0.25, -0.2) is 4.79 Å². The number of benzene rings is 2. The zero-order valence-electron chi connectivity index (χ0n) is 13.6. The van der Waals surface area contributed by atoms with E-state index in [-0.39, 0.29) is 5.69 Å². The number of carboxylic acids is 1. The summed E-state index contributed by atoms with van der Waals surface area (Å²) in [5.41, 5.74) is 3.01. The smallest absolute Gasteiger partial charge is 0.354 e. The molecule has 122 valence electrons. The molecule has 0 saturated heterocycles. The summed E-state index contributed by atoms with van der Waals surface area (Å²) in [5.74, 6) is 0.547. The van der Waals surface area contributed by atoms with Gasteiger partial charge < -0.3 is 9.84 Å². The maximum Gasteiger partial charge on any atom is 0.354 e. The Morgan fingerprint density at radius 3 is 2.21 bits per heavy atom. The van der Waals surface area contributed by atoms with Gasteiger partial charge in [0.25, 0.3) is 0 Å². The average Bonchev–Trinajstić information content (AvgIpc) is 2.92. The van der Waals surface area contributed by atoms with E-state index in [0.717, 1.165) is 17.1 Å². The first kappa shape index (κ1) is 15.8. The number of nitrogens with zero attached hydrogens (tertiary/aromatic N) is 2.